The lowest BCUT2D eigenvalue weighted by Gasteiger charge is -1.96. The second kappa shape index (κ2) is 11.8. The molecule has 0 fully saturated rings. The van der Waals surface area contributed by atoms with E-state index >= 15 is 0 Å². The van der Waals surface area contributed by atoms with Crippen LogP contribution in [0.5, 0.6) is 0 Å². The van der Waals surface area contributed by atoms with Crippen LogP contribution >= 0.6 is 15.9 Å². The van der Waals surface area contributed by atoms with Crippen LogP contribution in [0.25, 0.3) is 0 Å². The molecule has 3 heteroatoms. The molecule has 2 rings (SSSR count). The molecule has 0 unspecified atom stereocenters. The van der Waals surface area contributed by atoms with Crippen LogP contribution in [-0.2, 0) is 0 Å². The number of Topliss-reactive ketones (excluding diaryl/α,β-unsaturated/α-hetero) is 2. The van der Waals surface area contributed by atoms with Gasteiger partial charge in [0, 0.05) is 11.1 Å². The minimum absolute atomic E-state index is 0.125. The van der Waals surface area contributed by atoms with Crippen molar-refractivity contribution in [1.82, 2.24) is 0 Å². The molecule has 0 amide bonds. The van der Waals surface area contributed by atoms with Crippen LogP contribution in [-0.4, -0.2) is 16.9 Å². The Balaban J connectivity index is 0.000000381. The van der Waals surface area contributed by atoms with Gasteiger partial charge in [-0.3, -0.25) is 9.59 Å². The molecular weight excluding hydrogens is 352 g/mol. The Kier molecular flexibility index (Phi) is 10.9. The van der Waals surface area contributed by atoms with E-state index in [1.807, 2.05) is 76.2 Å². The minimum atomic E-state index is 0.125. The van der Waals surface area contributed by atoms with Gasteiger partial charge >= 0.3 is 0 Å². The quantitative estimate of drug-likeness (QED) is 0.501. The number of benzene rings is 2. The molecule has 0 heterocycles. The van der Waals surface area contributed by atoms with E-state index in [-0.39, 0.29) is 11.6 Å². The number of aryl methyl sites for hydroxylation is 2. The molecule has 2 nitrogen and oxygen atoms in total. The van der Waals surface area contributed by atoms with Gasteiger partial charge in [-0.1, -0.05) is 89.4 Å². The number of halogens is 1. The van der Waals surface area contributed by atoms with Gasteiger partial charge in [0.2, 0.25) is 0 Å². The first-order chi connectivity index (χ1) is 10.9. The van der Waals surface area contributed by atoms with Gasteiger partial charge in [0.25, 0.3) is 0 Å². The third-order valence-electron chi connectivity index (χ3n) is 2.95. The summed E-state index contributed by atoms with van der Waals surface area (Å²) in [6.07, 6.45) is 0. The molecular formula is C20H25BrO2. The smallest absolute Gasteiger partial charge is 0.173 e. The number of carbonyl (C=O) groups excluding carboxylic acids is 2. The molecule has 0 saturated heterocycles. The Morgan fingerprint density at radius 3 is 1.43 bits per heavy atom. The van der Waals surface area contributed by atoms with E-state index in [1.54, 1.807) is 6.92 Å². The van der Waals surface area contributed by atoms with Gasteiger partial charge in [-0.05, 0) is 20.8 Å². The number of rotatable bonds is 3. The van der Waals surface area contributed by atoms with Crippen molar-refractivity contribution in [2.75, 3.05) is 5.33 Å². The summed E-state index contributed by atoms with van der Waals surface area (Å²) in [7, 11) is 0. The van der Waals surface area contributed by atoms with E-state index in [9.17, 15) is 9.59 Å². The lowest BCUT2D eigenvalue weighted by atomic mass is 10.1. The maximum atomic E-state index is 11.1. The molecule has 2 aromatic carbocycles. The summed E-state index contributed by atoms with van der Waals surface area (Å²) in [5, 5.41) is 0.399. The standard InChI is InChI=1S/C9H9BrO.C9H10O.C2H6/c1-7-2-4-8(5-3-7)9(11)6-10;1-7-3-5-9(6-4-7)8(2)10;1-2/h2-5H,6H2,1H3;3-6H,1-2H3;1-2H3. The van der Waals surface area contributed by atoms with Crippen molar-refractivity contribution in [1.29, 1.82) is 0 Å². The van der Waals surface area contributed by atoms with Crippen molar-refractivity contribution in [3.8, 4) is 0 Å². The molecule has 0 aliphatic carbocycles. The van der Waals surface area contributed by atoms with Crippen LogP contribution in [0.4, 0.5) is 0 Å². The molecule has 0 radical (unpaired) electrons. The number of hydrogen-bond acceptors (Lipinski definition) is 2. The highest BCUT2D eigenvalue weighted by atomic mass is 79.9. The average molecular weight is 377 g/mol. The second-order valence-electron chi connectivity index (χ2n) is 4.85. The van der Waals surface area contributed by atoms with Crippen LogP contribution < -0.4 is 0 Å². The fourth-order valence-electron chi connectivity index (χ4n) is 1.60. The van der Waals surface area contributed by atoms with Gasteiger partial charge in [-0.15, -0.1) is 0 Å². The molecule has 0 aliphatic heterocycles. The van der Waals surface area contributed by atoms with Gasteiger partial charge < -0.3 is 0 Å². The number of alkyl halides is 1. The van der Waals surface area contributed by atoms with Crippen LogP contribution in [0.1, 0.15) is 52.6 Å². The van der Waals surface area contributed by atoms with Gasteiger partial charge in [0.1, 0.15) is 0 Å². The third kappa shape index (κ3) is 8.46. The molecule has 124 valence electrons. The molecule has 0 atom stereocenters. The fraction of sp³-hybridized carbons (Fsp3) is 0.300. The Morgan fingerprint density at radius 2 is 1.13 bits per heavy atom. The van der Waals surface area contributed by atoms with Crippen molar-refractivity contribution in [3.63, 3.8) is 0 Å². The number of carbonyl (C=O) groups is 2. The van der Waals surface area contributed by atoms with E-state index in [0.717, 1.165) is 11.1 Å². The minimum Gasteiger partial charge on any atom is -0.295 e. The zero-order chi connectivity index (χ0) is 17.8. The van der Waals surface area contributed by atoms with E-state index < -0.39 is 0 Å². The van der Waals surface area contributed by atoms with Gasteiger partial charge in [-0.2, -0.15) is 0 Å². The SMILES string of the molecule is CC.CC(=O)c1ccc(C)cc1.Cc1ccc(C(=O)CBr)cc1. The first kappa shape index (κ1) is 21.3. The van der Waals surface area contributed by atoms with Gasteiger partial charge in [-0.25, -0.2) is 0 Å². The summed E-state index contributed by atoms with van der Waals surface area (Å²) in [6.45, 7) is 9.58. The van der Waals surface area contributed by atoms with E-state index in [1.165, 1.54) is 11.1 Å². The predicted molar refractivity (Wildman–Crippen MR) is 102 cm³/mol. The molecule has 23 heavy (non-hydrogen) atoms. The number of hydrogen-bond donors (Lipinski definition) is 0. The predicted octanol–water partition coefficient (Wildman–Crippen LogP) is 5.80. The maximum absolute atomic E-state index is 11.1. The highest BCUT2D eigenvalue weighted by molar-refractivity contribution is 9.09. The number of ketones is 2. The van der Waals surface area contributed by atoms with Crippen LogP contribution in [0.2, 0.25) is 0 Å². The lowest BCUT2D eigenvalue weighted by Crippen LogP contribution is -1.98. The molecule has 0 saturated carbocycles. The molecule has 0 bridgehead atoms. The van der Waals surface area contributed by atoms with Crippen molar-refractivity contribution >= 4 is 27.5 Å². The topological polar surface area (TPSA) is 34.1 Å². The summed E-state index contributed by atoms with van der Waals surface area (Å²) in [5.41, 5.74) is 3.92. The van der Waals surface area contributed by atoms with E-state index in [2.05, 4.69) is 15.9 Å². The Labute approximate surface area is 148 Å². The van der Waals surface area contributed by atoms with Crippen LogP contribution in [0, 0.1) is 13.8 Å². The Morgan fingerprint density at radius 1 is 0.783 bits per heavy atom. The van der Waals surface area contributed by atoms with E-state index in [4.69, 9.17) is 0 Å². The summed E-state index contributed by atoms with van der Waals surface area (Å²) in [4.78, 5) is 21.8. The zero-order valence-corrected chi connectivity index (χ0v) is 16.1. The molecule has 0 spiro atoms. The normalized spacial score (nSPS) is 8.96. The van der Waals surface area contributed by atoms with Crippen LogP contribution in [0.15, 0.2) is 48.5 Å². The fourth-order valence-corrected chi connectivity index (χ4v) is 1.93. The summed E-state index contributed by atoms with van der Waals surface area (Å²) >= 11 is 3.12. The monoisotopic (exact) mass is 376 g/mol. The molecule has 0 aromatic heterocycles. The molecule has 0 aliphatic rings. The lowest BCUT2D eigenvalue weighted by molar-refractivity contribution is 0.101. The molecule has 2 aromatic rings. The molecule has 0 N–H and O–H groups in total. The Bertz CT molecular complexity index is 599. The van der Waals surface area contributed by atoms with Gasteiger partial charge in [0.05, 0.1) is 5.33 Å². The largest absolute Gasteiger partial charge is 0.295 e. The highest BCUT2D eigenvalue weighted by Gasteiger charge is 2.01. The first-order valence-electron chi connectivity index (χ1n) is 7.67. The first-order valence-corrected chi connectivity index (χ1v) is 8.79. The second-order valence-corrected chi connectivity index (χ2v) is 5.41. The van der Waals surface area contributed by atoms with Crippen molar-refractivity contribution < 1.29 is 9.59 Å². The third-order valence-corrected chi connectivity index (χ3v) is 3.46. The zero-order valence-electron chi connectivity index (χ0n) is 14.5. The summed E-state index contributed by atoms with van der Waals surface area (Å²) in [5.74, 6) is 0.255. The van der Waals surface area contributed by atoms with Crippen LogP contribution in [0.3, 0.4) is 0 Å². The average Bonchev–Trinajstić information content (AvgIpc) is 2.57. The summed E-state index contributed by atoms with van der Waals surface area (Å²) < 4.78 is 0. The van der Waals surface area contributed by atoms with Crippen molar-refractivity contribution in [2.24, 2.45) is 0 Å². The van der Waals surface area contributed by atoms with Crippen molar-refractivity contribution in [3.05, 3.63) is 70.8 Å². The van der Waals surface area contributed by atoms with Gasteiger partial charge in [0.15, 0.2) is 11.6 Å². The van der Waals surface area contributed by atoms with Crippen molar-refractivity contribution in [2.45, 2.75) is 34.6 Å². The summed E-state index contributed by atoms with van der Waals surface area (Å²) in [6, 6.07) is 15.1. The van der Waals surface area contributed by atoms with E-state index in [0.29, 0.717) is 5.33 Å². The highest BCUT2D eigenvalue weighted by Crippen LogP contribution is 2.05. The Hall–Kier alpha value is -1.74. The maximum Gasteiger partial charge on any atom is 0.173 e.